The summed E-state index contributed by atoms with van der Waals surface area (Å²) in [5, 5.41) is 8.83. The monoisotopic (exact) mass is 275 g/mol. The fraction of sp³-hybridized carbons (Fsp3) is 0.400. The highest BCUT2D eigenvalue weighted by atomic mass is 35.5. The summed E-state index contributed by atoms with van der Waals surface area (Å²) in [4.78, 5) is 4.36. The molecule has 4 heteroatoms. The SMILES string of the molecule is Clc1ccc2c(NCC3CCNCC3)ccnc2c1. The molecule has 1 aliphatic heterocycles. The predicted octanol–water partition coefficient (Wildman–Crippen LogP) is 3.30. The van der Waals surface area contributed by atoms with Crippen LogP contribution >= 0.6 is 11.6 Å². The van der Waals surface area contributed by atoms with Gasteiger partial charge in [0.25, 0.3) is 0 Å². The summed E-state index contributed by atoms with van der Waals surface area (Å²) in [6, 6.07) is 7.90. The first kappa shape index (κ1) is 12.7. The zero-order chi connectivity index (χ0) is 13.1. The van der Waals surface area contributed by atoms with Gasteiger partial charge in [-0.3, -0.25) is 4.98 Å². The first-order valence-corrected chi connectivity index (χ1v) is 7.19. The number of piperidine rings is 1. The molecule has 2 N–H and O–H groups in total. The van der Waals surface area contributed by atoms with Crippen molar-refractivity contribution in [2.24, 2.45) is 5.92 Å². The van der Waals surface area contributed by atoms with Gasteiger partial charge in [-0.2, -0.15) is 0 Å². The standard InChI is InChI=1S/C15H18ClN3/c16-12-1-2-13-14(5-8-18-15(13)9-12)19-10-11-3-6-17-7-4-11/h1-2,5,8-9,11,17H,3-4,6-7,10H2,(H,18,19). The van der Waals surface area contributed by atoms with Gasteiger partial charge >= 0.3 is 0 Å². The lowest BCUT2D eigenvalue weighted by Gasteiger charge is -2.23. The van der Waals surface area contributed by atoms with Crippen LogP contribution in [0.15, 0.2) is 30.5 Å². The van der Waals surface area contributed by atoms with Gasteiger partial charge in [0.05, 0.1) is 5.52 Å². The van der Waals surface area contributed by atoms with Crippen molar-refractivity contribution in [3.8, 4) is 0 Å². The van der Waals surface area contributed by atoms with E-state index in [0.29, 0.717) is 0 Å². The topological polar surface area (TPSA) is 37.0 Å². The van der Waals surface area contributed by atoms with E-state index in [-0.39, 0.29) is 0 Å². The first-order valence-electron chi connectivity index (χ1n) is 6.82. The van der Waals surface area contributed by atoms with Crippen molar-refractivity contribution in [1.82, 2.24) is 10.3 Å². The predicted molar refractivity (Wildman–Crippen MR) is 80.8 cm³/mol. The molecule has 19 heavy (non-hydrogen) atoms. The van der Waals surface area contributed by atoms with Crippen molar-refractivity contribution in [2.75, 3.05) is 25.0 Å². The van der Waals surface area contributed by atoms with Gasteiger partial charge in [-0.1, -0.05) is 11.6 Å². The molecule has 0 aliphatic carbocycles. The van der Waals surface area contributed by atoms with Crippen LogP contribution in [0.25, 0.3) is 10.9 Å². The summed E-state index contributed by atoms with van der Waals surface area (Å²) in [5.41, 5.74) is 2.10. The fourth-order valence-electron chi connectivity index (χ4n) is 2.62. The van der Waals surface area contributed by atoms with E-state index in [4.69, 9.17) is 11.6 Å². The number of benzene rings is 1. The summed E-state index contributed by atoms with van der Waals surface area (Å²) in [5.74, 6) is 0.761. The smallest absolute Gasteiger partial charge is 0.0737 e. The van der Waals surface area contributed by atoms with Crippen molar-refractivity contribution in [1.29, 1.82) is 0 Å². The van der Waals surface area contributed by atoms with Crippen LogP contribution < -0.4 is 10.6 Å². The number of fused-ring (bicyclic) bond motifs is 1. The third-order valence-electron chi connectivity index (χ3n) is 3.74. The maximum absolute atomic E-state index is 6.00. The van der Waals surface area contributed by atoms with Gasteiger partial charge in [0.1, 0.15) is 0 Å². The maximum Gasteiger partial charge on any atom is 0.0737 e. The van der Waals surface area contributed by atoms with E-state index in [1.54, 1.807) is 0 Å². The van der Waals surface area contributed by atoms with Crippen LogP contribution in [-0.4, -0.2) is 24.6 Å². The quantitative estimate of drug-likeness (QED) is 0.902. The lowest BCUT2D eigenvalue weighted by Crippen LogP contribution is -2.31. The van der Waals surface area contributed by atoms with Crippen LogP contribution in [0.2, 0.25) is 5.02 Å². The second kappa shape index (κ2) is 5.76. The Morgan fingerprint density at radius 3 is 2.95 bits per heavy atom. The number of nitrogens with one attached hydrogen (secondary N) is 2. The Hall–Kier alpha value is -1.32. The van der Waals surface area contributed by atoms with E-state index in [9.17, 15) is 0 Å². The number of pyridine rings is 1. The normalized spacial score (nSPS) is 16.7. The van der Waals surface area contributed by atoms with Gasteiger partial charge < -0.3 is 10.6 Å². The zero-order valence-corrected chi connectivity index (χ0v) is 11.6. The zero-order valence-electron chi connectivity index (χ0n) is 10.8. The van der Waals surface area contributed by atoms with Crippen LogP contribution in [0.5, 0.6) is 0 Å². The Bertz CT molecular complexity index is 564. The molecule has 3 nitrogen and oxygen atoms in total. The molecule has 3 rings (SSSR count). The van der Waals surface area contributed by atoms with Gasteiger partial charge in [0.15, 0.2) is 0 Å². The second-order valence-electron chi connectivity index (χ2n) is 5.09. The largest absolute Gasteiger partial charge is 0.384 e. The molecule has 0 spiro atoms. The van der Waals surface area contributed by atoms with Crippen LogP contribution in [0.3, 0.4) is 0 Å². The Morgan fingerprint density at radius 2 is 2.11 bits per heavy atom. The molecule has 1 aromatic heterocycles. The van der Waals surface area contributed by atoms with E-state index in [2.05, 4.69) is 15.6 Å². The Morgan fingerprint density at radius 1 is 1.26 bits per heavy atom. The maximum atomic E-state index is 6.00. The molecule has 0 unspecified atom stereocenters. The number of hydrogen-bond donors (Lipinski definition) is 2. The van der Waals surface area contributed by atoms with Gasteiger partial charge in [-0.15, -0.1) is 0 Å². The lowest BCUT2D eigenvalue weighted by molar-refractivity contribution is 0.390. The molecule has 1 fully saturated rings. The molecule has 0 bridgehead atoms. The van der Waals surface area contributed by atoms with Gasteiger partial charge in [0.2, 0.25) is 0 Å². The van der Waals surface area contributed by atoms with E-state index in [1.165, 1.54) is 12.8 Å². The number of rotatable bonds is 3. The minimum Gasteiger partial charge on any atom is -0.384 e. The molecule has 0 radical (unpaired) electrons. The summed E-state index contributed by atoms with van der Waals surface area (Å²) in [6.07, 6.45) is 4.34. The van der Waals surface area contributed by atoms with Crippen LogP contribution in [0.4, 0.5) is 5.69 Å². The molecular weight excluding hydrogens is 258 g/mol. The number of halogens is 1. The summed E-state index contributed by atoms with van der Waals surface area (Å²) < 4.78 is 0. The van der Waals surface area contributed by atoms with Crippen molar-refractivity contribution in [3.05, 3.63) is 35.5 Å². The summed E-state index contributed by atoms with van der Waals surface area (Å²) in [7, 11) is 0. The number of anilines is 1. The lowest BCUT2D eigenvalue weighted by atomic mass is 9.98. The van der Waals surface area contributed by atoms with Crippen molar-refractivity contribution in [3.63, 3.8) is 0 Å². The van der Waals surface area contributed by atoms with E-state index < -0.39 is 0 Å². The molecule has 0 atom stereocenters. The van der Waals surface area contributed by atoms with Gasteiger partial charge in [0, 0.05) is 28.8 Å². The molecule has 100 valence electrons. The van der Waals surface area contributed by atoms with E-state index in [0.717, 1.165) is 47.2 Å². The second-order valence-corrected chi connectivity index (χ2v) is 5.53. The highest BCUT2D eigenvalue weighted by Crippen LogP contribution is 2.25. The first-order chi connectivity index (χ1) is 9.33. The highest BCUT2D eigenvalue weighted by Gasteiger charge is 2.13. The average Bonchev–Trinajstić information content (AvgIpc) is 2.45. The van der Waals surface area contributed by atoms with E-state index in [1.807, 2.05) is 30.5 Å². The molecule has 0 amide bonds. The fourth-order valence-corrected chi connectivity index (χ4v) is 2.78. The Balaban J connectivity index is 1.76. The molecule has 2 heterocycles. The molecule has 2 aromatic rings. The van der Waals surface area contributed by atoms with Crippen molar-refractivity contribution >= 4 is 28.2 Å². The molecule has 1 saturated heterocycles. The summed E-state index contributed by atoms with van der Waals surface area (Å²) in [6.45, 7) is 3.31. The minimum atomic E-state index is 0.732. The van der Waals surface area contributed by atoms with E-state index >= 15 is 0 Å². The number of aromatic nitrogens is 1. The van der Waals surface area contributed by atoms with Gasteiger partial charge in [-0.05, 0) is 56.1 Å². The molecule has 1 aliphatic rings. The number of hydrogen-bond acceptors (Lipinski definition) is 3. The Labute approximate surface area is 118 Å². The highest BCUT2D eigenvalue weighted by molar-refractivity contribution is 6.31. The number of nitrogens with zero attached hydrogens (tertiary/aromatic N) is 1. The third-order valence-corrected chi connectivity index (χ3v) is 3.98. The van der Waals surface area contributed by atoms with Crippen LogP contribution in [0.1, 0.15) is 12.8 Å². The van der Waals surface area contributed by atoms with Crippen molar-refractivity contribution in [2.45, 2.75) is 12.8 Å². The average molecular weight is 276 g/mol. The molecule has 0 saturated carbocycles. The van der Waals surface area contributed by atoms with Gasteiger partial charge in [-0.25, -0.2) is 0 Å². The van der Waals surface area contributed by atoms with Crippen molar-refractivity contribution < 1.29 is 0 Å². The molecule has 1 aromatic carbocycles. The summed E-state index contributed by atoms with van der Waals surface area (Å²) >= 11 is 6.00. The van der Waals surface area contributed by atoms with Crippen LogP contribution in [0, 0.1) is 5.92 Å². The third kappa shape index (κ3) is 2.99. The molecular formula is C15H18ClN3. The van der Waals surface area contributed by atoms with Crippen LogP contribution in [-0.2, 0) is 0 Å². The minimum absolute atomic E-state index is 0.732. The Kier molecular flexibility index (Phi) is 3.85.